The summed E-state index contributed by atoms with van der Waals surface area (Å²) in [6.07, 6.45) is 4.27. The van der Waals surface area contributed by atoms with Crippen LogP contribution in [0.1, 0.15) is 25.5 Å². The maximum atomic E-state index is 5.25. The highest BCUT2D eigenvalue weighted by molar-refractivity contribution is 4.98. The molecule has 1 saturated heterocycles. The minimum Gasteiger partial charge on any atom is -0.468 e. The summed E-state index contributed by atoms with van der Waals surface area (Å²) in [4.78, 5) is 0. The number of nitrogens with one attached hydrogen (secondary N) is 2. The van der Waals surface area contributed by atoms with Crippen LogP contribution in [0.2, 0.25) is 0 Å². The van der Waals surface area contributed by atoms with Crippen molar-refractivity contribution in [2.75, 3.05) is 13.1 Å². The van der Waals surface area contributed by atoms with E-state index in [0.717, 1.165) is 25.4 Å². The van der Waals surface area contributed by atoms with Crippen molar-refractivity contribution in [2.45, 2.75) is 31.8 Å². The Labute approximate surface area is 84.9 Å². The molecule has 0 bridgehead atoms. The van der Waals surface area contributed by atoms with Gasteiger partial charge in [0.05, 0.1) is 12.8 Å². The molecule has 0 amide bonds. The molecule has 1 aliphatic heterocycles. The average Bonchev–Trinajstić information content (AvgIpc) is 2.77. The van der Waals surface area contributed by atoms with Crippen LogP contribution in [-0.4, -0.2) is 18.6 Å². The average molecular weight is 194 g/mol. The van der Waals surface area contributed by atoms with Gasteiger partial charge in [0, 0.05) is 12.1 Å². The second-order valence-electron chi connectivity index (χ2n) is 4.27. The van der Waals surface area contributed by atoms with Crippen LogP contribution >= 0.6 is 0 Å². The molecule has 1 aliphatic rings. The van der Waals surface area contributed by atoms with E-state index in [2.05, 4.69) is 17.6 Å². The molecule has 2 heterocycles. The SMILES string of the molecule is CC1(CNCc2ccco2)CCCN1. The largest absolute Gasteiger partial charge is 0.468 e. The molecule has 1 fully saturated rings. The van der Waals surface area contributed by atoms with Crippen LogP contribution in [0, 0.1) is 0 Å². The van der Waals surface area contributed by atoms with E-state index in [9.17, 15) is 0 Å². The Morgan fingerprint density at radius 1 is 1.64 bits per heavy atom. The van der Waals surface area contributed by atoms with E-state index >= 15 is 0 Å². The monoisotopic (exact) mass is 194 g/mol. The van der Waals surface area contributed by atoms with Crippen LogP contribution in [0.3, 0.4) is 0 Å². The summed E-state index contributed by atoms with van der Waals surface area (Å²) in [5.74, 6) is 1.01. The Balaban J connectivity index is 1.72. The quantitative estimate of drug-likeness (QED) is 0.763. The molecule has 14 heavy (non-hydrogen) atoms. The highest BCUT2D eigenvalue weighted by Crippen LogP contribution is 2.17. The molecule has 2 rings (SSSR count). The molecule has 0 aliphatic carbocycles. The molecule has 0 spiro atoms. The molecule has 1 atom stereocenters. The standard InChI is InChI=1S/C11H18N2O/c1-11(5-3-6-13-11)9-12-8-10-4-2-7-14-10/h2,4,7,12-13H,3,5-6,8-9H2,1H3. The second kappa shape index (κ2) is 4.15. The summed E-state index contributed by atoms with van der Waals surface area (Å²) in [6, 6.07) is 3.92. The Morgan fingerprint density at radius 2 is 2.57 bits per heavy atom. The van der Waals surface area contributed by atoms with E-state index in [1.165, 1.54) is 12.8 Å². The lowest BCUT2D eigenvalue weighted by molar-refractivity contribution is 0.373. The third-order valence-electron chi connectivity index (χ3n) is 2.85. The van der Waals surface area contributed by atoms with Crippen LogP contribution in [0.25, 0.3) is 0 Å². The zero-order chi connectivity index (χ0) is 9.86. The van der Waals surface area contributed by atoms with Gasteiger partial charge in [0.15, 0.2) is 0 Å². The van der Waals surface area contributed by atoms with E-state index in [4.69, 9.17) is 4.42 Å². The molecule has 1 aromatic rings. The Bertz CT molecular complexity index is 263. The van der Waals surface area contributed by atoms with Gasteiger partial charge in [-0.15, -0.1) is 0 Å². The molecule has 3 heteroatoms. The molecular weight excluding hydrogens is 176 g/mol. The molecular formula is C11H18N2O. The maximum absolute atomic E-state index is 5.25. The van der Waals surface area contributed by atoms with E-state index in [1.807, 2.05) is 12.1 Å². The van der Waals surface area contributed by atoms with E-state index in [1.54, 1.807) is 6.26 Å². The van der Waals surface area contributed by atoms with E-state index < -0.39 is 0 Å². The number of hydrogen-bond acceptors (Lipinski definition) is 3. The molecule has 1 aromatic heterocycles. The lowest BCUT2D eigenvalue weighted by atomic mass is 10.0. The topological polar surface area (TPSA) is 37.2 Å². The van der Waals surface area contributed by atoms with Crippen molar-refractivity contribution in [3.63, 3.8) is 0 Å². The van der Waals surface area contributed by atoms with Gasteiger partial charge in [-0.25, -0.2) is 0 Å². The highest BCUT2D eigenvalue weighted by Gasteiger charge is 2.27. The van der Waals surface area contributed by atoms with Crippen molar-refractivity contribution < 1.29 is 4.42 Å². The van der Waals surface area contributed by atoms with Gasteiger partial charge in [-0.3, -0.25) is 0 Å². The van der Waals surface area contributed by atoms with Crippen molar-refractivity contribution in [1.29, 1.82) is 0 Å². The summed E-state index contributed by atoms with van der Waals surface area (Å²) < 4.78 is 5.25. The first-order valence-electron chi connectivity index (χ1n) is 5.27. The van der Waals surface area contributed by atoms with Crippen molar-refractivity contribution in [1.82, 2.24) is 10.6 Å². The van der Waals surface area contributed by atoms with Crippen LogP contribution in [0.4, 0.5) is 0 Å². The van der Waals surface area contributed by atoms with Crippen LogP contribution < -0.4 is 10.6 Å². The smallest absolute Gasteiger partial charge is 0.117 e. The summed E-state index contributed by atoms with van der Waals surface area (Å²) >= 11 is 0. The molecule has 0 aromatic carbocycles. The van der Waals surface area contributed by atoms with Crippen LogP contribution in [0.5, 0.6) is 0 Å². The first-order chi connectivity index (χ1) is 6.79. The van der Waals surface area contributed by atoms with Gasteiger partial charge in [-0.1, -0.05) is 0 Å². The molecule has 0 radical (unpaired) electrons. The van der Waals surface area contributed by atoms with Crippen molar-refractivity contribution in [2.24, 2.45) is 0 Å². The molecule has 1 unspecified atom stereocenters. The van der Waals surface area contributed by atoms with Gasteiger partial charge >= 0.3 is 0 Å². The van der Waals surface area contributed by atoms with Gasteiger partial charge < -0.3 is 15.1 Å². The number of furan rings is 1. The summed E-state index contributed by atoms with van der Waals surface area (Å²) in [6.45, 7) is 5.26. The van der Waals surface area contributed by atoms with Crippen molar-refractivity contribution in [3.8, 4) is 0 Å². The molecule has 2 N–H and O–H groups in total. The predicted octanol–water partition coefficient (Wildman–Crippen LogP) is 1.51. The molecule has 0 saturated carbocycles. The third kappa shape index (κ3) is 2.36. The summed E-state index contributed by atoms with van der Waals surface area (Å²) in [5.41, 5.74) is 0.284. The lowest BCUT2D eigenvalue weighted by Crippen LogP contribution is -2.45. The predicted molar refractivity (Wildman–Crippen MR) is 56.1 cm³/mol. The fourth-order valence-corrected chi connectivity index (χ4v) is 1.98. The number of rotatable bonds is 4. The molecule has 3 nitrogen and oxygen atoms in total. The Kier molecular flexibility index (Phi) is 2.89. The fraction of sp³-hybridized carbons (Fsp3) is 0.636. The fourth-order valence-electron chi connectivity index (χ4n) is 1.98. The van der Waals surface area contributed by atoms with Gasteiger partial charge in [-0.2, -0.15) is 0 Å². The zero-order valence-electron chi connectivity index (χ0n) is 8.68. The van der Waals surface area contributed by atoms with Gasteiger partial charge in [-0.05, 0) is 38.4 Å². The Morgan fingerprint density at radius 3 is 3.21 bits per heavy atom. The second-order valence-corrected chi connectivity index (χ2v) is 4.27. The van der Waals surface area contributed by atoms with Crippen molar-refractivity contribution in [3.05, 3.63) is 24.2 Å². The van der Waals surface area contributed by atoms with Crippen molar-refractivity contribution >= 4 is 0 Å². The first kappa shape index (κ1) is 9.74. The minimum absolute atomic E-state index is 0.284. The highest BCUT2D eigenvalue weighted by atomic mass is 16.3. The van der Waals surface area contributed by atoms with Crippen LogP contribution in [0.15, 0.2) is 22.8 Å². The molecule has 78 valence electrons. The van der Waals surface area contributed by atoms with E-state index in [-0.39, 0.29) is 5.54 Å². The van der Waals surface area contributed by atoms with Gasteiger partial charge in [0.2, 0.25) is 0 Å². The first-order valence-corrected chi connectivity index (χ1v) is 5.27. The summed E-state index contributed by atoms with van der Waals surface area (Å²) in [5, 5.41) is 6.93. The number of hydrogen-bond donors (Lipinski definition) is 2. The lowest BCUT2D eigenvalue weighted by Gasteiger charge is -2.24. The third-order valence-corrected chi connectivity index (χ3v) is 2.85. The normalized spacial score (nSPS) is 26.9. The van der Waals surface area contributed by atoms with Gasteiger partial charge in [0.1, 0.15) is 5.76 Å². The van der Waals surface area contributed by atoms with Gasteiger partial charge in [0.25, 0.3) is 0 Å². The maximum Gasteiger partial charge on any atom is 0.117 e. The van der Waals surface area contributed by atoms with Crippen LogP contribution in [-0.2, 0) is 6.54 Å². The summed E-state index contributed by atoms with van der Waals surface area (Å²) in [7, 11) is 0. The zero-order valence-corrected chi connectivity index (χ0v) is 8.68. The Hall–Kier alpha value is -0.800. The van der Waals surface area contributed by atoms with E-state index in [0.29, 0.717) is 0 Å². The minimum atomic E-state index is 0.284.